The van der Waals surface area contributed by atoms with Gasteiger partial charge in [-0.15, -0.1) is 10.2 Å². The number of nitrogens with one attached hydrogen (secondary N) is 2. The summed E-state index contributed by atoms with van der Waals surface area (Å²) in [4.78, 5) is 24.7. The maximum atomic E-state index is 13.8. The normalized spacial score (nSPS) is 11.4. The number of carbonyl (C=O) groups is 2. The number of anilines is 2. The van der Waals surface area contributed by atoms with Gasteiger partial charge < -0.3 is 10.1 Å². The maximum Gasteiger partial charge on any atom is 0.412 e. The minimum atomic E-state index is -0.708. The lowest BCUT2D eigenvalue weighted by molar-refractivity contribution is -0.113. The Kier molecular flexibility index (Phi) is 7.93. The summed E-state index contributed by atoms with van der Waals surface area (Å²) in [6.07, 6.45) is 0.876. The summed E-state index contributed by atoms with van der Waals surface area (Å²) in [5, 5.41) is 13.8. The minimum Gasteiger partial charge on any atom is -0.444 e. The lowest BCUT2D eigenvalue weighted by Gasteiger charge is -2.20. The first kappa shape index (κ1) is 25.2. The number of halogens is 1. The third-order valence-corrected chi connectivity index (χ3v) is 5.52. The Balaban J connectivity index is 1.66. The van der Waals surface area contributed by atoms with Gasteiger partial charge in [-0.25, -0.2) is 9.18 Å². The first-order valence-electron chi connectivity index (χ1n) is 10.7. The van der Waals surface area contributed by atoms with Crippen LogP contribution in [-0.4, -0.2) is 38.1 Å². The molecule has 3 aromatic rings. The van der Waals surface area contributed by atoms with Crippen molar-refractivity contribution in [1.29, 1.82) is 0 Å². The van der Waals surface area contributed by atoms with Crippen molar-refractivity contribution in [2.24, 2.45) is 0 Å². The van der Waals surface area contributed by atoms with Crippen LogP contribution in [0.5, 0.6) is 0 Å². The Labute approximate surface area is 202 Å². The van der Waals surface area contributed by atoms with Gasteiger partial charge in [0, 0.05) is 5.69 Å². The summed E-state index contributed by atoms with van der Waals surface area (Å²) in [6.45, 7) is 9.44. The van der Waals surface area contributed by atoms with Crippen molar-refractivity contribution < 1.29 is 18.7 Å². The molecule has 3 rings (SSSR count). The maximum absolute atomic E-state index is 13.8. The number of amides is 2. The fraction of sp³-hybridized carbons (Fsp3) is 0.333. The predicted octanol–water partition coefficient (Wildman–Crippen LogP) is 5.61. The molecule has 0 aliphatic rings. The fourth-order valence-corrected chi connectivity index (χ4v) is 3.71. The summed E-state index contributed by atoms with van der Waals surface area (Å²) in [7, 11) is 0. The molecule has 34 heavy (non-hydrogen) atoms. The zero-order valence-corrected chi connectivity index (χ0v) is 20.6. The number of carbonyl (C=O) groups excluding carboxylic acids is 2. The number of hydrogen-bond donors (Lipinski definition) is 2. The van der Waals surface area contributed by atoms with E-state index < -0.39 is 23.4 Å². The van der Waals surface area contributed by atoms with Crippen LogP contribution in [0.3, 0.4) is 0 Å². The molecule has 0 aliphatic carbocycles. The van der Waals surface area contributed by atoms with Gasteiger partial charge in [-0.2, -0.15) is 0 Å². The molecular weight excluding hydrogens is 457 g/mol. The summed E-state index contributed by atoms with van der Waals surface area (Å²) in [5.74, 6) is -0.523. The molecule has 0 saturated carbocycles. The van der Waals surface area contributed by atoms with Crippen LogP contribution < -0.4 is 10.6 Å². The quantitative estimate of drug-likeness (QED) is 0.422. The smallest absolute Gasteiger partial charge is 0.412 e. The molecule has 0 unspecified atom stereocenters. The monoisotopic (exact) mass is 485 g/mol. The highest BCUT2D eigenvalue weighted by Crippen LogP contribution is 2.26. The molecule has 0 fully saturated rings. The molecule has 0 atom stereocenters. The van der Waals surface area contributed by atoms with Crippen molar-refractivity contribution in [1.82, 2.24) is 14.8 Å². The Morgan fingerprint density at radius 2 is 1.79 bits per heavy atom. The van der Waals surface area contributed by atoms with Gasteiger partial charge in [0.25, 0.3) is 0 Å². The lowest BCUT2D eigenvalue weighted by atomic mass is 10.0. The van der Waals surface area contributed by atoms with Crippen LogP contribution in [0.4, 0.5) is 20.6 Å². The molecule has 0 saturated heterocycles. The van der Waals surface area contributed by atoms with Crippen LogP contribution in [0.15, 0.2) is 53.9 Å². The minimum absolute atomic E-state index is 0.00512. The molecule has 2 amide bonds. The number of hydrogen-bond acceptors (Lipinski definition) is 6. The van der Waals surface area contributed by atoms with Crippen LogP contribution in [0, 0.1) is 5.82 Å². The molecule has 1 aromatic heterocycles. The van der Waals surface area contributed by atoms with Crippen molar-refractivity contribution in [3.8, 4) is 5.69 Å². The Hall–Kier alpha value is -3.40. The molecule has 10 heteroatoms. The van der Waals surface area contributed by atoms with Crippen LogP contribution >= 0.6 is 11.8 Å². The van der Waals surface area contributed by atoms with Crippen LogP contribution in [0.1, 0.15) is 46.1 Å². The van der Waals surface area contributed by atoms with E-state index in [-0.39, 0.29) is 17.1 Å². The molecule has 1 heterocycles. The van der Waals surface area contributed by atoms with E-state index in [1.54, 1.807) is 31.7 Å². The summed E-state index contributed by atoms with van der Waals surface area (Å²) in [6, 6.07) is 11.7. The van der Waals surface area contributed by atoms with Gasteiger partial charge in [-0.3, -0.25) is 14.7 Å². The van der Waals surface area contributed by atoms with Gasteiger partial charge in [0.1, 0.15) is 17.7 Å². The van der Waals surface area contributed by atoms with Gasteiger partial charge in [0.15, 0.2) is 5.16 Å². The average molecular weight is 486 g/mol. The SMILES string of the molecule is CC(C)c1ccc(-n2cnnc2SCC(=O)Nc2cc(F)ccc2NC(=O)OC(C)(C)C)cc1. The standard InChI is InChI=1S/C24H28FN5O3S/c1-15(2)16-6-9-18(10-7-16)30-14-26-29-22(30)34-13-21(31)27-20-12-17(25)8-11-19(20)28-23(32)33-24(3,4)5/h6-12,14-15H,13H2,1-5H3,(H,27,31)(H,28,32). The van der Waals surface area contributed by atoms with E-state index in [4.69, 9.17) is 4.74 Å². The van der Waals surface area contributed by atoms with E-state index in [0.717, 1.165) is 11.8 Å². The summed E-state index contributed by atoms with van der Waals surface area (Å²) >= 11 is 1.19. The predicted molar refractivity (Wildman–Crippen MR) is 131 cm³/mol. The molecule has 2 N–H and O–H groups in total. The first-order chi connectivity index (χ1) is 16.0. The first-order valence-corrected chi connectivity index (χ1v) is 11.7. The van der Waals surface area contributed by atoms with E-state index in [1.807, 2.05) is 24.3 Å². The Morgan fingerprint density at radius 3 is 2.44 bits per heavy atom. The van der Waals surface area contributed by atoms with Gasteiger partial charge in [0.2, 0.25) is 5.91 Å². The highest BCUT2D eigenvalue weighted by molar-refractivity contribution is 7.99. The average Bonchev–Trinajstić information content (AvgIpc) is 3.21. The van der Waals surface area contributed by atoms with Crippen LogP contribution in [0.25, 0.3) is 5.69 Å². The van der Waals surface area contributed by atoms with E-state index in [1.165, 1.54) is 29.5 Å². The molecule has 8 nitrogen and oxygen atoms in total. The van der Waals surface area contributed by atoms with Crippen LogP contribution in [-0.2, 0) is 9.53 Å². The summed E-state index contributed by atoms with van der Waals surface area (Å²) < 4.78 is 20.8. The molecular formula is C24H28FN5O3S. The van der Waals surface area contributed by atoms with Crippen molar-refractivity contribution in [2.45, 2.75) is 51.3 Å². The summed E-state index contributed by atoms with van der Waals surface area (Å²) in [5.41, 5.74) is 1.75. The molecule has 180 valence electrons. The van der Waals surface area contributed by atoms with E-state index >= 15 is 0 Å². The fourth-order valence-electron chi connectivity index (χ4n) is 2.98. The van der Waals surface area contributed by atoms with Gasteiger partial charge >= 0.3 is 6.09 Å². The zero-order chi connectivity index (χ0) is 24.9. The topological polar surface area (TPSA) is 98.1 Å². The van der Waals surface area contributed by atoms with Crippen molar-refractivity contribution in [3.05, 3.63) is 60.2 Å². The van der Waals surface area contributed by atoms with Crippen molar-refractivity contribution in [3.63, 3.8) is 0 Å². The molecule has 0 aliphatic heterocycles. The Bertz CT molecular complexity index is 1160. The van der Waals surface area contributed by atoms with Crippen molar-refractivity contribution >= 4 is 35.1 Å². The Morgan fingerprint density at radius 1 is 1.09 bits per heavy atom. The second kappa shape index (κ2) is 10.7. The molecule has 0 spiro atoms. The molecule has 0 radical (unpaired) electrons. The number of benzene rings is 2. The highest BCUT2D eigenvalue weighted by Gasteiger charge is 2.18. The number of nitrogens with zero attached hydrogens (tertiary/aromatic N) is 3. The molecule has 2 aromatic carbocycles. The second-order valence-electron chi connectivity index (χ2n) is 8.88. The van der Waals surface area contributed by atoms with Gasteiger partial charge in [0.05, 0.1) is 17.1 Å². The van der Waals surface area contributed by atoms with Gasteiger partial charge in [-0.05, 0) is 62.6 Å². The van der Waals surface area contributed by atoms with Crippen molar-refractivity contribution in [2.75, 3.05) is 16.4 Å². The lowest BCUT2D eigenvalue weighted by Crippen LogP contribution is -2.27. The zero-order valence-electron chi connectivity index (χ0n) is 19.8. The third kappa shape index (κ3) is 7.05. The highest BCUT2D eigenvalue weighted by atomic mass is 32.2. The third-order valence-electron chi connectivity index (χ3n) is 4.58. The number of aromatic nitrogens is 3. The number of ether oxygens (including phenoxy) is 1. The largest absolute Gasteiger partial charge is 0.444 e. The number of rotatable bonds is 7. The van der Waals surface area contributed by atoms with Gasteiger partial charge in [-0.1, -0.05) is 37.7 Å². The molecule has 0 bridgehead atoms. The van der Waals surface area contributed by atoms with E-state index in [9.17, 15) is 14.0 Å². The van der Waals surface area contributed by atoms with E-state index in [2.05, 4.69) is 34.7 Å². The van der Waals surface area contributed by atoms with Crippen LogP contribution in [0.2, 0.25) is 0 Å². The van der Waals surface area contributed by atoms with E-state index in [0.29, 0.717) is 11.1 Å². The number of thioether (sulfide) groups is 1. The second-order valence-corrected chi connectivity index (χ2v) is 9.83.